The first-order valence-electron chi connectivity index (χ1n) is 5.68. The Balaban J connectivity index is 2.42. The zero-order valence-corrected chi connectivity index (χ0v) is 11.4. The van der Waals surface area contributed by atoms with Gasteiger partial charge in [-0.15, -0.1) is 0 Å². The predicted molar refractivity (Wildman–Crippen MR) is 71.6 cm³/mol. The van der Waals surface area contributed by atoms with Crippen molar-refractivity contribution in [2.24, 2.45) is 0 Å². The molecule has 0 bridgehead atoms. The van der Waals surface area contributed by atoms with Gasteiger partial charge in [-0.25, -0.2) is 18.2 Å². The number of methoxy groups -OCH3 is 1. The Morgan fingerprint density at radius 1 is 1.15 bits per heavy atom. The number of nitrogens with one attached hydrogen (secondary N) is 1. The molecule has 20 heavy (non-hydrogen) atoms. The fraction of sp³-hybridized carbons (Fsp3) is 0.0714. The van der Waals surface area contributed by atoms with Gasteiger partial charge in [0.15, 0.2) is 0 Å². The van der Waals surface area contributed by atoms with Gasteiger partial charge in [-0.3, -0.25) is 0 Å². The summed E-state index contributed by atoms with van der Waals surface area (Å²) in [5, 5.41) is 0. The number of carbonyl (C=O) groups is 1. The Bertz CT molecular complexity index is 739. The Morgan fingerprint density at radius 3 is 2.35 bits per heavy atom. The van der Waals surface area contributed by atoms with Crippen LogP contribution in [0, 0.1) is 10.6 Å². The highest BCUT2D eigenvalue weighted by molar-refractivity contribution is 7.92. The Hall–Kier alpha value is -2.21. The van der Waals surface area contributed by atoms with Gasteiger partial charge in [-0.05, 0) is 42.5 Å². The molecule has 0 aliphatic heterocycles. The maximum Gasteiger partial charge on any atom is 0.337 e. The molecule has 0 amide bonds. The molecule has 1 unspecified atom stereocenters. The number of rotatable bonds is 3. The van der Waals surface area contributed by atoms with Gasteiger partial charge in [-0.2, -0.15) is 0 Å². The average Bonchev–Trinajstić information content (AvgIpc) is 2.46. The lowest BCUT2D eigenvalue weighted by Gasteiger charge is -2.08. The van der Waals surface area contributed by atoms with Crippen molar-refractivity contribution in [2.75, 3.05) is 7.11 Å². The van der Waals surface area contributed by atoms with Crippen molar-refractivity contribution in [1.82, 2.24) is 0 Å². The number of halogens is 1. The van der Waals surface area contributed by atoms with Crippen molar-refractivity contribution in [2.45, 2.75) is 9.79 Å². The summed E-state index contributed by atoms with van der Waals surface area (Å²) in [6.45, 7) is 0. The van der Waals surface area contributed by atoms with Gasteiger partial charge < -0.3 is 4.74 Å². The molecule has 0 fully saturated rings. The van der Waals surface area contributed by atoms with Gasteiger partial charge in [0.25, 0.3) is 0 Å². The summed E-state index contributed by atoms with van der Waals surface area (Å²) in [4.78, 5) is 11.6. The zero-order chi connectivity index (χ0) is 14.8. The molecule has 2 rings (SSSR count). The standard InChI is InChI=1S/C14H12FNO3S/c1-19-14(17)10-5-7-12(8-6-10)20(16,18)13-4-2-3-11(15)9-13/h2-9,16H,1H3. The number of benzene rings is 2. The predicted octanol–water partition coefficient (Wildman–Crippen LogP) is 3.08. The van der Waals surface area contributed by atoms with Crippen molar-refractivity contribution in [3.8, 4) is 0 Å². The summed E-state index contributed by atoms with van der Waals surface area (Å²) in [5.74, 6) is -1.06. The van der Waals surface area contributed by atoms with E-state index < -0.39 is 21.5 Å². The van der Waals surface area contributed by atoms with E-state index in [0.717, 1.165) is 6.07 Å². The first kappa shape index (κ1) is 14.2. The molecule has 0 aliphatic carbocycles. The Morgan fingerprint density at radius 2 is 1.80 bits per heavy atom. The van der Waals surface area contributed by atoms with Crippen LogP contribution in [-0.2, 0) is 14.5 Å². The molecule has 1 atom stereocenters. The van der Waals surface area contributed by atoms with Crippen LogP contribution in [0.5, 0.6) is 0 Å². The molecule has 1 N–H and O–H groups in total. The van der Waals surface area contributed by atoms with Crippen LogP contribution in [-0.4, -0.2) is 17.3 Å². The van der Waals surface area contributed by atoms with E-state index >= 15 is 0 Å². The number of ether oxygens (including phenoxy) is 1. The molecule has 6 heteroatoms. The maximum absolute atomic E-state index is 13.2. The molecular formula is C14H12FNO3S. The quantitative estimate of drug-likeness (QED) is 0.884. The Kier molecular flexibility index (Phi) is 3.85. The van der Waals surface area contributed by atoms with Crippen molar-refractivity contribution in [3.05, 3.63) is 59.9 Å². The minimum absolute atomic E-state index is 0.0864. The summed E-state index contributed by atoms with van der Waals surface area (Å²) < 4.78 is 38.2. The van der Waals surface area contributed by atoms with E-state index in [1.54, 1.807) is 0 Å². The van der Waals surface area contributed by atoms with Crippen molar-refractivity contribution in [1.29, 1.82) is 4.78 Å². The van der Waals surface area contributed by atoms with Gasteiger partial charge in [0.05, 0.1) is 22.5 Å². The van der Waals surface area contributed by atoms with E-state index in [1.807, 2.05) is 0 Å². The van der Waals surface area contributed by atoms with Crippen LogP contribution in [0.4, 0.5) is 4.39 Å². The molecule has 0 saturated heterocycles. The second kappa shape index (κ2) is 5.42. The number of hydrogen-bond acceptors (Lipinski definition) is 4. The average molecular weight is 293 g/mol. The minimum atomic E-state index is -3.30. The number of carbonyl (C=O) groups excluding carboxylic acids is 1. The highest BCUT2D eigenvalue weighted by atomic mass is 32.2. The van der Waals surface area contributed by atoms with Gasteiger partial charge >= 0.3 is 5.97 Å². The topological polar surface area (TPSA) is 67.2 Å². The molecule has 2 aromatic carbocycles. The van der Waals surface area contributed by atoms with E-state index in [1.165, 1.54) is 49.6 Å². The van der Waals surface area contributed by atoms with E-state index in [-0.39, 0.29) is 9.79 Å². The van der Waals surface area contributed by atoms with Crippen molar-refractivity contribution < 1.29 is 18.1 Å². The van der Waals surface area contributed by atoms with E-state index in [9.17, 15) is 13.4 Å². The van der Waals surface area contributed by atoms with Gasteiger partial charge in [0.2, 0.25) is 0 Å². The van der Waals surface area contributed by atoms with E-state index in [2.05, 4.69) is 4.74 Å². The molecule has 0 aliphatic rings. The molecule has 0 saturated carbocycles. The smallest absolute Gasteiger partial charge is 0.337 e. The third-order valence-electron chi connectivity index (χ3n) is 2.74. The minimum Gasteiger partial charge on any atom is -0.465 e. The molecule has 0 heterocycles. The first-order valence-corrected chi connectivity index (χ1v) is 7.24. The second-order valence-corrected chi connectivity index (χ2v) is 6.08. The number of esters is 1. The van der Waals surface area contributed by atoms with Crippen LogP contribution in [0.15, 0.2) is 58.3 Å². The van der Waals surface area contributed by atoms with Crippen molar-refractivity contribution >= 4 is 15.7 Å². The van der Waals surface area contributed by atoms with Gasteiger partial charge in [0, 0.05) is 0 Å². The van der Waals surface area contributed by atoms with Gasteiger partial charge in [0.1, 0.15) is 15.5 Å². The highest BCUT2D eigenvalue weighted by Gasteiger charge is 2.15. The Labute approximate surface area is 116 Å². The number of hydrogen-bond donors (Lipinski definition) is 1. The van der Waals surface area contributed by atoms with Gasteiger partial charge in [-0.1, -0.05) is 6.07 Å². The zero-order valence-electron chi connectivity index (χ0n) is 10.6. The lowest BCUT2D eigenvalue weighted by molar-refractivity contribution is 0.0600. The summed E-state index contributed by atoms with van der Waals surface area (Å²) in [6.07, 6.45) is 0. The molecule has 0 radical (unpaired) electrons. The van der Waals surface area contributed by atoms with E-state index in [4.69, 9.17) is 4.78 Å². The lowest BCUT2D eigenvalue weighted by Crippen LogP contribution is -2.04. The normalized spacial score (nSPS) is 13.5. The van der Waals surface area contributed by atoms with Crippen LogP contribution in [0.3, 0.4) is 0 Å². The lowest BCUT2D eigenvalue weighted by atomic mass is 10.2. The van der Waals surface area contributed by atoms with Crippen LogP contribution in [0.25, 0.3) is 0 Å². The third kappa shape index (κ3) is 2.70. The summed E-state index contributed by atoms with van der Waals surface area (Å²) >= 11 is 0. The third-order valence-corrected chi connectivity index (χ3v) is 4.59. The first-order chi connectivity index (χ1) is 9.45. The highest BCUT2D eigenvalue weighted by Crippen LogP contribution is 2.22. The monoisotopic (exact) mass is 293 g/mol. The van der Waals surface area contributed by atoms with E-state index in [0.29, 0.717) is 5.56 Å². The molecule has 0 spiro atoms. The largest absolute Gasteiger partial charge is 0.465 e. The molecular weight excluding hydrogens is 281 g/mol. The van der Waals surface area contributed by atoms with Crippen LogP contribution < -0.4 is 0 Å². The fourth-order valence-electron chi connectivity index (χ4n) is 1.68. The summed E-state index contributed by atoms with van der Waals surface area (Å²) in [5.41, 5.74) is 0.297. The van der Waals surface area contributed by atoms with Crippen LogP contribution in [0.1, 0.15) is 10.4 Å². The summed E-state index contributed by atoms with van der Waals surface area (Å²) in [6, 6.07) is 10.8. The maximum atomic E-state index is 13.2. The SMILES string of the molecule is COC(=O)c1ccc(S(=N)(=O)c2cccc(F)c2)cc1. The molecule has 0 aromatic heterocycles. The van der Waals surface area contributed by atoms with Crippen LogP contribution in [0.2, 0.25) is 0 Å². The molecule has 104 valence electrons. The fourth-order valence-corrected chi connectivity index (χ4v) is 3.02. The van der Waals surface area contributed by atoms with Crippen molar-refractivity contribution in [3.63, 3.8) is 0 Å². The second-order valence-electron chi connectivity index (χ2n) is 4.03. The molecule has 2 aromatic rings. The molecule has 4 nitrogen and oxygen atoms in total. The summed E-state index contributed by atoms with van der Waals surface area (Å²) in [7, 11) is -2.04. The van der Waals surface area contributed by atoms with Crippen LogP contribution >= 0.6 is 0 Å².